The lowest BCUT2D eigenvalue weighted by molar-refractivity contribution is -0.117. The largest absolute Gasteiger partial charge is 0.497 e. The Morgan fingerprint density at radius 3 is 2.69 bits per heavy atom. The molecule has 148 valence electrons. The summed E-state index contributed by atoms with van der Waals surface area (Å²) in [5, 5.41) is 5.56. The van der Waals surface area contributed by atoms with E-state index in [-0.39, 0.29) is 18.4 Å². The van der Waals surface area contributed by atoms with Crippen LogP contribution in [0.5, 0.6) is 5.75 Å². The maximum absolute atomic E-state index is 12.3. The minimum Gasteiger partial charge on any atom is -0.497 e. The molecular formula is C22H20N2O4S. The number of hydrogen-bond donors (Lipinski definition) is 1. The van der Waals surface area contributed by atoms with Gasteiger partial charge >= 0.3 is 5.97 Å². The van der Waals surface area contributed by atoms with Crippen LogP contribution < -0.4 is 10.1 Å². The summed E-state index contributed by atoms with van der Waals surface area (Å²) in [7, 11) is 1.62. The molecule has 1 N–H and O–H groups in total. The Balaban J connectivity index is 1.33. The molecule has 1 aliphatic carbocycles. The molecule has 0 unspecified atom stereocenters. The van der Waals surface area contributed by atoms with E-state index in [1.807, 2.05) is 29.6 Å². The van der Waals surface area contributed by atoms with Gasteiger partial charge < -0.3 is 14.8 Å². The average Bonchev–Trinajstić information content (AvgIpc) is 3.50. The highest BCUT2D eigenvalue weighted by atomic mass is 32.1. The van der Waals surface area contributed by atoms with Gasteiger partial charge in [0.1, 0.15) is 17.4 Å². The molecule has 0 spiro atoms. The van der Waals surface area contributed by atoms with Crippen molar-refractivity contribution in [2.45, 2.75) is 19.4 Å². The third kappa shape index (κ3) is 4.81. The Bertz CT molecular complexity index is 1030. The maximum atomic E-state index is 12.3. The Morgan fingerprint density at radius 2 is 1.97 bits per heavy atom. The standard InChI is InChI=1S/C22H20N2O4S/c1-27-19-4-2-3-16(11-19)21-24-18(13-29-21)12-28-22(26)15-7-9-17(10-8-15)23-20(25)14-5-6-14/h2-4,7-11,13-14H,5-6,12H2,1H3,(H,23,25). The van der Waals surface area contributed by atoms with Crippen molar-refractivity contribution in [3.63, 3.8) is 0 Å². The van der Waals surface area contributed by atoms with Crippen LogP contribution in [-0.4, -0.2) is 24.0 Å². The van der Waals surface area contributed by atoms with E-state index >= 15 is 0 Å². The third-order valence-electron chi connectivity index (χ3n) is 4.56. The van der Waals surface area contributed by atoms with Gasteiger partial charge in [-0.15, -0.1) is 11.3 Å². The van der Waals surface area contributed by atoms with Crippen molar-refractivity contribution in [3.8, 4) is 16.3 Å². The van der Waals surface area contributed by atoms with Gasteiger partial charge in [0, 0.05) is 22.5 Å². The smallest absolute Gasteiger partial charge is 0.338 e. The lowest BCUT2D eigenvalue weighted by Gasteiger charge is -2.06. The monoisotopic (exact) mass is 408 g/mol. The minimum atomic E-state index is -0.430. The van der Waals surface area contributed by atoms with E-state index in [1.165, 1.54) is 11.3 Å². The first-order valence-electron chi connectivity index (χ1n) is 9.29. The van der Waals surface area contributed by atoms with Crippen LogP contribution >= 0.6 is 11.3 Å². The Hall–Kier alpha value is -3.19. The predicted molar refractivity (Wildman–Crippen MR) is 111 cm³/mol. The zero-order chi connectivity index (χ0) is 20.2. The van der Waals surface area contributed by atoms with E-state index < -0.39 is 5.97 Å². The van der Waals surface area contributed by atoms with Crippen molar-refractivity contribution < 1.29 is 19.1 Å². The summed E-state index contributed by atoms with van der Waals surface area (Å²) in [6.45, 7) is 0.0967. The van der Waals surface area contributed by atoms with Gasteiger partial charge in [-0.1, -0.05) is 12.1 Å². The molecule has 1 amide bonds. The number of methoxy groups -OCH3 is 1. The van der Waals surface area contributed by atoms with Crippen LogP contribution in [0.4, 0.5) is 5.69 Å². The summed E-state index contributed by atoms with van der Waals surface area (Å²) < 4.78 is 10.6. The zero-order valence-electron chi connectivity index (χ0n) is 15.9. The molecule has 0 aliphatic heterocycles. The summed E-state index contributed by atoms with van der Waals surface area (Å²) in [4.78, 5) is 28.6. The molecule has 1 aromatic heterocycles. The van der Waals surface area contributed by atoms with Crippen molar-refractivity contribution >= 4 is 28.9 Å². The number of rotatable bonds is 7. The van der Waals surface area contributed by atoms with Crippen molar-refractivity contribution in [1.82, 2.24) is 4.98 Å². The van der Waals surface area contributed by atoms with Crippen molar-refractivity contribution in [1.29, 1.82) is 0 Å². The summed E-state index contributed by atoms with van der Waals surface area (Å²) in [6.07, 6.45) is 1.90. The van der Waals surface area contributed by atoms with Crippen LogP contribution in [0.2, 0.25) is 0 Å². The molecular weight excluding hydrogens is 388 g/mol. The highest BCUT2D eigenvalue weighted by Crippen LogP contribution is 2.30. The van der Waals surface area contributed by atoms with Gasteiger partial charge in [0.15, 0.2) is 0 Å². The van der Waals surface area contributed by atoms with Crippen molar-refractivity contribution in [2.24, 2.45) is 5.92 Å². The molecule has 1 heterocycles. The number of ether oxygens (including phenoxy) is 2. The highest BCUT2D eigenvalue weighted by molar-refractivity contribution is 7.13. The Labute approximate surface area is 172 Å². The molecule has 29 heavy (non-hydrogen) atoms. The first-order chi connectivity index (χ1) is 14.1. The van der Waals surface area contributed by atoms with Gasteiger partial charge in [-0.3, -0.25) is 4.79 Å². The van der Waals surface area contributed by atoms with Crippen LogP contribution in [0.3, 0.4) is 0 Å². The molecule has 0 atom stereocenters. The summed E-state index contributed by atoms with van der Waals surface area (Å²) >= 11 is 1.49. The summed E-state index contributed by atoms with van der Waals surface area (Å²) in [6, 6.07) is 14.4. The van der Waals surface area contributed by atoms with Crippen LogP contribution in [-0.2, 0) is 16.1 Å². The van der Waals surface area contributed by atoms with Gasteiger partial charge in [0.05, 0.1) is 18.4 Å². The maximum Gasteiger partial charge on any atom is 0.338 e. The quantitative estimate of drug-likeness (QED) is 0.582. The molecule has 3 aromatic rings. The van der Waals surface area contributed by atoms with Crippen molar-refractivity contribution in [3.05, 3.63) is 65.2 Å². The molecule has 0 radical (unpaired) electrons. The second-order valence-corrected chi connectivity index (χ2v) is 7.65. The number of anilines is 1. The fraction of sp³-hybridized carbons (Fsp3) is 0.227. The Morgan fingerprint density at radius 1 is 1.17 bits per heavy atom. The lowest BCUT2D eigenvalue weighted by atomic mass is 10.2. The fourth-order valence-electron chi connectivity index (χ4n) is 2.76. The topological polar surface area (TPSA) is 77.5 Å². The molecule has 6 nitrogen and oxygen atoms in total. The van der Waals surface area contributed by atoms with E-state index in [4.69, 9.17) is 9.47 Å². The number of thiazole rings is 1. The SMILES string of the molecule is COc1cccc(-c2nc(COC(=O)c3ccc(NC(=O)C4CC4)cc3)cs2)c1. The number of amides is 1. The normalized spacial score (nSPS) is 13.0. The van der Waals surface area contributed by atoms with E-state index in [1.54, 1.807) is 31.4 Å². The highest BCUT2D eigenvalue weighted by Gasteiger charge is 2.29. The van der Waals surface area contributed by atoms with Gasteiger partial charge in [-0.25, -0.2) is 9.78 Å². The van der Waals surface area contributed by atoms with Gasteiger partial charge in [0.2, 0.25) is 5.91 Å². The van der Waals surface area contributed by atoms with Gasteiger partial charge in [-0.2, -0.15) is 0 Å². The number of nitrogens with zero attached hydrogens (tertiary/aromatic N) is 1. The van der Waals surface area contributed by atoms with Crippen LogP contribution in [0.15, 0.2) is 53.9 Å². The number of carbonyl (C=O) groups excluding carboxylic acids is 2. The lowest BCUT2D eigenvalue weighted by Crippen LogP contribution is -2.13. The summed E-state index contributed by atoms with van der Waals surface area (Å²) in [5.74, 6) is 0.513. The number of hydrogen-bond acceptors (Lipinski definition) is 6. The van der Waals surface area contributed by atoms with E-state index in [0.717, 1.165) is 29.2 Å². The number of aromatic nitrogens is 1. The number of carbonyl (C=O) groups is 2. The van der Waals surface area contributed by atoms with E-state index in [9.17, 15) is 9.59 Å². The van der Waals surface area contributed by atoms with Crippen LogP contribution in [0.1, 0.15) is 28.9 Å². The minimum absolute atomic E-state index is 0.0377. The second kappa shape index (κ2) is 8.45. The number of benzene rings is 2. The predicted octanol–water partition coefficient (Wildman–Crippen LogP) is 4.52. The molecule has 4 rings (SSSR count). The second-order valence-electron chi connectivity index (χ2n) is 6.79. The Kier molecular flexibility index (Phi) is 5.57. The molecule has 7 heteroatoms. The average molecular weight is 408 g/mol. The van der Waals surface area contributed by atoms with E-state index in [0.29, 0.717) is 16.9 Å². The fourth-order valence-corrected chi connectivity index (χ4v) is 3.57. The third-order valence-corrected chi connectivity index (χ3v) is 5.50. The molecule has 1 saturated carbocycles. The molecule has 1 aliphatic rings. The van der Waals surface area contributed by atoms with Gasteiger partial charge in [0.25, 0.3) is 0 Å². The first kappa shape index (κ1) is 19.1. The van der Waals surface area contributed by atoms with E-state index in [2.05, 4.69) is 10.3 Å². The summed E-state index contributed by atoms with van der Waals surface area (Å²) in [5.41, 5.74) is 2.75. The molecule has 0 bridgehead atoms. The molecule has 1 fully saturated rings. The first-order valence-corrected chi connectivity index (χ1v) is 10.2. The van der Waals surface area contributed by atoms with Crippen LogP contribution in [0.25, 0.3) is 10.6 Å². The van der Waals surface area contributed by atoms with Gasteiger partial charge in [-0.05, 0) is 49.2 Å². The number of esters is 1. The molecule has 2 aromatic carbocycles. The molecule has 0 saturated heterocycles. The van der Waals surface area contributed by atoms with Crippen LogP contribution in [0, 0.1) is 5.92 Å². The zero-order valence-corrected chi connectivity index (χ0v) is 16.7. The number of nitrogens with one attached hydrogen (secondary N) is 1. The van der Waals surface area contributed by atoms with Crippen molar-refractivity contribution in [2.75, 3.05) is 12.4 Å².